The second-order valence-corrected chi connectivity index (χ2v) is 9.60. The van der Waals surface area contributed by atoms with Crippen molar-refractivity contribution in [2.45, 2.75) is 69.6 Å². The van der Waals surface area contributed by atoms with Gasteiger partial charge in [-0.2, -0.15) is 0 Å². The summed E-state index contributed by atoms with van der Waals surface area (Å²) in [6, 6.07) is 16.2. The minimum Gasteiger partial charge on any atom is -0.347 e. The highest BCUT2D eigenvalue weighted by Crippen LogP contribution is 2.30. The first-order chi connectivity index (χ1) is 17.0. The molecule has 2 aliphatic rings. The summed E-state index contributed by atoms with van der Waals surface area (Å²) in [4.78, 5) is 41.4. The number of carbonyl (C=O) groups is 3. The first kappa shape index (κ1) is 24.9. The standard InChI is InChI=1S/C28H36N4O3/c1-19(29-2)26(33)31-24(18-20-10-4-3-5-11-20)28(35)32-17-9-16-25(32)27(34)30-23-15-8-13-21-12-6-7-14-22(21)23/h3-7,10-12,14,19,23-25,29H,8-9,13,15-18H2,1-2H3,(H,30,34)(H,31,33)/t19-,23?,24-,25?/m0/s1. The summed E-state index contributed by atoms with van der Waals surface area (Å²) < 4.78 is 0. The summed E-state index contributed by atoms with van der Waals surface area (Å²) in [7, 11) is 1.71. The number of likely N-dealkylation sites (N-methyl/N-ethyl adjacent to an activating group) is 1. The molecule has 1 heterocycles. The summed E-state index contributed by atoms with van der Waals surface area (Å²) >= 11 is 0. The Labute approximate surface area is 207 Å². The molecule has 1 fully saturated rings. The molecule has 0 saturated carbocycles. The lowest BCUT2D eigenvalue weighted by molar-refractivity contribution is -0.141. The van der Waals surface area contributed by atoms with E-state index in [0.717, 1.165) is 31.2 Å². The van der Waals surface area contributed by atoms with Crippen LogP contribution in [0.3, 0.4) is 0 Å². The van der Waals surface area contributed by atoms with Crippen LogP contribution < -0.4 is 16.0 Å². The van der Waals surface area contributed by atoms with Crippen molar-refractivity contribution in [2.75, 3.05) is 13.6 Å². The number of nitrogens with one attached hydrogen (secondary N) is 3. The molecule has 1 aliphatic carbocycles. The number of likely N-dealkylation sites (tertiary alicyclic amines) is 1. The van der Waals surface area contributed by atoms with E-state index in [2.05, 4.69) is 28.1 Å². The van der Waals surface area contributed by atoms with Gasteiger partial charge in [0.2, 0.25) is 17.7 Å². The number of hydrogen-bond acceptors (Lipinski definition) is 4. The second kappa shape index (κ2) is 11.5. The van der Waals surface area contributed by atoms with E-state index in [0.29, 0.717) is 19.4 Å². The number of aryl methyl sites for hydroxylation is 1. The molecule has 0 radical (unpaired) electrons. The van der Waals surface area contributed by atoms with Crippen molar-refractivity contribution < 1.29 is 14.4 Å². The minimum absolute atomic E-state index is 0.0266. The Morgan fingerprint density at radius 2 is 1.74 bits per heavy atom. The predicted molar refractivity (Wildman–Crippen MR) is 136 cm³/mol. The zero-order chi connectivity index (χ0) is 24.8. The second-order valence-electron chi connectivity index (χ2n) is 9.60. The number of amides is 3. The lowest BCUT2D eigenvalue weighted by atomic mass is 9.87. The lowest BCUT2D eigenvalue weighted by Gasteiger charge is -2.32. The largest absolute Gasteiger partial charge is 0.347 e. The van der Waals surface area contributed by atoms with E-state index in [4.69, 9.17) is 0 Å². The Hall–Kier alpha value is -3.19. The van der Waals surface area contributed by atoms with Gasteiger partial charge >= 0.3 is 0 Å². The van der Waals surface area contributed by atoms with Crippen LogP contribution in [-0.4, -0.2) is 54.3 Å². The summed E-state index contributed by atoms with van der Waals surface area (Å²) in [5.74, 6) is -0.543. The molecule has 1 saturated heterocycles. The molecule has 2 aromatic rings. The molecule has 0 bridgehead atoms. The molecule has 4 atom stereocenters. The summed E-state index contributed by atoms with van der Waals surface area (Å²) in [5.41, 5.74) is 3.42. The third-order valence-corrected chi connectivity index (χ3v) is 7.25. The van der Waals surface area contributed by atoms with Crippen LogP contribution in [0.15, 0.2) is 54.6 Å². The van der Waals surface area contributed by atoms with Crippen LogP contribution in [-0.2, 0) is 27.2 Å². The topological polar surface area (TPSA) is 90.5 Å². The Morgan fingerprint density at radius 1 is 1.00 bits per heavy atom. The van der Waals surface area contributed by atoms with Crippen molar-refractivity contribution in [1.29, 1.82) is 0 Å². The zero-order valence-electron chi connectivity index (χ0n) is 20.6. The van der Waals surface area contributed by atoms with Crippen molar-refractivity contribution >= 4 is 17.7 Å². The third-order valence-electron chi connectivity index (χ3n) is 7.25. The maximum Gasteiger partial charge on any atom is 0.246 e. The lowest BCUT2D eigenvalue weighted by Crippen LogP contribution is -2.56. The van der Waals surface area contributed by atoms with Gasteiger partial charge in [-0.05, 0) is 62.8 Å². The third kappa shape index (κ3) is 5.90. The number of hydrogen-bond donors (Lipinski definition) is 3. The summed E-state index contributed by atoms with van der Waals surface area (Å²) in [6.07, 6.45) is 4.74. The SMILES string of the molecule is CN[C@@H](C)C(=O)N[C@@H](Cc1ccccc1)C(=O)N1CCCC1C(=O)NC1CCCc2ccccc21. The molecule has 3 N–H and O–H groups in total. The number of rotatable bonds is 8. The number of carbonyl (C=O) groups excluding carboxylic acids is 3. The van der Waals surface area contributed by atoms with E-state index in [9.17, 15) is 14.4 Å². The van der Waals surface area contributed by atoms with E-state index >= 15 is 0 Å². The molecule has 186 valence electrons. The number of nitrogens with zero attached hydrogens (tertiary/aromatic N) is 1. The Balaban J connectivity index is 1.49. The maximum absolute atomic E-state index is 13.7. The van der Waals surface area contributed by atoms with E-state index in [1.54, 1.807) is 18.9 Å². The monoisotopic (exact) mass is 476 g/mol. The predicted octanol–water partition coefficient (Wildman–Crippen LogP) is 2.51. The minimum atomic E-state index is -0.732. The molecular formula is C28H36N4O3. The number of fused-ring (bicyclic) bond motifs is 1. The Morgan fingerprint density at radius 3 is 2.51 bits per heavy atom. The first-order valence-electron chi connectivity index (χ1n) is 12.7. The number of benzene rings is 2. The fourth-order valence-corrected chi connectivity index (χ4v) is 5.15. The van der Waals surface area contributed by atoms with Gasteiger partial charge < -0.3 is 20.9 Å². The van der Waals surface area contributed by atoms with Gasteiger partial charge in [0.05, 0.1) is 12.1 Å². The van der Waals surface area contributed by atoms with Crippen molar-refractivity contribution in [3.05, 3.63) is 71.3 Å². The van der Waals surface area contributed by atoms with Crippen molar-refractivity contribution in [3.63, 3.8) is 0 Å². The molecule has 2 unspecified atom stereocenters. The molecule has 35 heavy (non-hydrogen) atoms. The highest BCUT2D eigenvalue weighted by Gasteiger charge is 2.39. The van der Waals surface area contributed by atoms with Crippen molar-refractivity contribution in [1.82, 2.24) is 20.9 Å². The fourth-order valence-electron chi connectivity index (χ4n) is 5.15. The molecule has 2 aromatic carbocycles. The van der Waals surface area contributed by atoms with Crippen LogP contribution in [0.1, 0.15) is 55.3 Å². The van der Waals surface area contributed by atoms with Crippen LogP contribution in [0.2, 0.25) is 0 Å². The van der Waals surface area contributed by atoms with Crippen LogP contribution in [0.5, 0.6) is 0 Å². The highest BCUT2D eigenvalue weighted by atomic mass is 16.2. The quantitative estimate of drug-likeness (QED) is 0.546. The van der Waals surface area contributed by atoms with Crippen LogP contribution in [0.25, 0.3) is 0 Å². The Bertz CT molecular complexity index is 1040. The summed E-state index contributed by atoms with van der Waals surface area (Å²) in [6.45, 7) is 2.27. The Kier molecular flexibility index (Phi) is 8.18. The van der Waals surface area contributed by atoms with Crippen molar-refractivity contribution in [2.24, 2.45) is 0 Å². The average Bonchev–Trinajstić information content (AvgIpc) is 3.38. The van der Waals surface area contributed by atoms with E-state index in [1.165, 1.54) is 11.1 Å². The van der Waals surface area contributed by atoms with Gasteiger partial charge in [0.25, 0.3) is 0 Å². The molecule has 0 aromatic heterocycles. The van der Waals surface area contributed by atoms with Gasteiger partial charge in [-0.25, -0.2) is 0 Å². The van der Waals surface area contributed by atoms with Crippen LogP contribution in [0.4, 0.5) is 0 Å². The molecular weight excluding hydrogens is 440 g/mol. The average molecular weight is 477 g/mol. The van der Waals surface area contributed by atoms with E-state index < -0.39 is 18.1 Å². The normalized spacial score (nSPS) is 21.0. The van der Waals surface area contributed by atoms with Gasteiger partial charge in [0.15, 0.2) is 0 Å². The fraction of sp³-hybridized carbons (Fsp3) is 0.464. The van der Waals surface area contributed by atoms with Gasteiger partial charge in [0, 0.05) is 13.0 Å². The van der Waals surface area contributed by atoms with E-state index in [1.807, 2.05) is 42.5 Å². The van der Waals surface area contributed by atoms with Crippen LogP contribution in [0, 0.1) is 0 Å². The highest BCUT2D eigenvalue weighted by molar-refractivity contribution is 5.93. The van der Waals surface area contributed by atoms with Crippen LogP contribution >= 0.6 is 0 Å². The van der Waals surface area contributed by atoms with Gasteiger partial charge in [0.1, 0.15) is 12.1 Å². The molecule has 0 spiro atoms. The molecule has 7 heteroatoms. The zero-order valence-corrected chi connectivity index (χ0v) is 20.6. The molecule has 3 amide bonds. The van der Waals surface area contributed by atoms with Gasteiger partial charge in [-0.1, -0.05) is 54.6 Å². The first-order valence-corrected chi connectivity index (χ1v) is 12.7. The van der Waals surface area contributed by atoms with Crippen molar-refractivity contribution in [3.8, 4) is 0 Å². The smallest absolute Gasteiger partial charge is 0.246 e. The van der Waals surface area contributed by atoms with E-state index in [-0.39, 0.29) is 23.8 Å². The van der Waals surface area contributed by atoms with Gasteiger partial charge in [-0.3, -0.25) is 14.4 Å². The molecule has 7 nitrogen and oxygen atoms in total. The molecule has 1 aliphatic heterocycles. The summed E-state index contributed by atoms with van der Waals surface area (Å²) in [5, 5.41) is 9.07. The van der Waals surface area contributed by atoms with Gasteiger partial charge in [-0.15, -0.1) is 0 Å². The maximum atomic E-state index is 13.7. The molecule has 4 rings (SSSR count).